The molecule has 3 atom stereocenters. The Balaban J connectivity index is 0.000000186. The Bertz CT molecular complexity index is 1370. The molecule has 1 aliphatic rings. The van der Waals surface area contributed by atoms with Crippen molar-refractivity contribution < 1.29 is 9.59 Å². The number of aldehydes is 1. The zero-order chi connectivity index (χ0) is 27.2. The summed E-state index contributed by atoms with van der Waals surface area (Å²) >= 11 is 6.05. The third-order valence-corrected chi connectivity index (χ3v) is 7.19. The molecule has 200 valence electrons. The molecule has 0 saturated carbocycles. The second-order valence-corrected chi connectivity index (χ2v) is 10.6. The normalized spacial score (nSPS) is 16.4. The van der Waals surface area contributed by atoms with Crippen LogP contribution in [0.4, 0.5) is 5.69 Å². The van der Waals surface area contributed by atoms with Crippen LogP contribution in [-0.2, 0) is 11.2 Å². The minimum Gasteiger partial charge on any atom is -0.374 e. The molecule has 3 N–H and O–H groups in total. The molecule has 0 saturated heterocycles. The van der Waals surface area contributed by atoms with Crippen molar-refractivity contribution in [3.63, 3.8) is 0 Å². The molecule has 0 bridgehead atoms. The SMILES string of the molecule is CC(c1c[nH]c2ccccc12)C(C=O)NC(=O)c1cnc[nH]1.CN(C)C[C@H]1Cc2cc(Cl)ccc2N(C)C1. The van der Waals surface area contributed by atoms with Crippen LogP contribution in [0.3, 0.4) is 0 Å². The van der Waals surface area contributed by atoms with Gasteiger partial charge in [0.2, 0.25) is 0 Å². The van der Waals surface area contributed by atoms with Crippen molar-refractivity contribution >= 4 is 40.4 Å². The maximum atomic E-state index is 12.1. The zero-order valence-electron chi connectivity index (χ0n) is 22.2. The Kier molecular flexibility index (Phi) is 8.86. The summed E-state index contributed by atoms with van der Waals surface area (Å²) in [5.41, 5.74) is 5.05. The molecule has 0 radical (unpaired) electrons. The van der Waals surface area contributed by atoms with Gasteiger partial charge in [-0.2, -0.15) is 0 Å². The van der Waals surface area contributed by atoms with Crippen LogP contribution in [0.2, 0.25) is 5.02 Å². The van der Waals surface area contributed by atoms with E-state index >= 15 is 0 Å². The number of nitrogens with zero attached hydrogens (tertiary/aromatic N) is 3. The van der Waals surface area contributed by atoms with Crippen LogP contribution in [0, 0.1) is 5.92 Å². The number of halogens is 1. The highest BCUT2D eigenvalue weighted by atomic mass is 35.5. The topological polar surface area (TPSA) is 97.1 Å². The van der Waals surface area contributed by atoms with Crippen LogP contribution in [0.5, 0.6) is 0 Å². The Morgan fingerprint density at radius 2 is 2.05 bits per heavy atom. The van der Waals surface area contributed by atoms with Crippen LogP contribution in [0.1, 0.15) is 34.5 Å². The molecule has 2 unspecified atom stereocenters. The summed E-state index contributed by atoms with van der Waals surface area (Å²) < 4.78 is 0. The molecule has 9 heteroatoms. The van der Waals surface area contributed by atoms with Gasteiger partial charge in [0.05, 0.1) is 18.6 Å². The number of aromatic amines is 2. The molecule has 4 aromatic rings. The molecule has 3 heterocycles. The Labute approximate surface area is 228 Å². The first-order valence-electron chi connectivity index (χ1n) is 12.7. The number of para-hydroxylation sites is 1. The van der Waals surface area contributed by atoms with E-state index in [1.54, 1.807) is 0 Å². The van der Waals surface area contributed by atoms with Crippen LogP contribution >= 0.6 is 11.6 Å². The second kappa shape index (κ2) is 12.3. The van der Waals surface area contributed by atoms with Gasteiger partial charge in [0.25, 0.3) is 5.91 Å². The van der Waals surface area contributed by atoms with Crippen molar-refractivity contribution in [1.82, 2.24) is 25.2 Å². The van der Waals surface area contributed by atoms with Crippen LogP contribution < -0.4 is 10.2 Å². The van der Waals surface area contributed by atoms with E-state index in [9.17, 15) is 9.59 Å². The Morgan fingerprint density at radius 1 is 1.26 bits per heavy atom. The van der Waals surface area contributed by atoms with E-state index in [1.807, 2.05) is 43.5 Å². The summed E-state index contributed by atoms with van der Waals surface area (Å²) in [5.74, 6) is 0.202. The van der Waals surface area contributed by atoms with Gasteiger partial charge in [0.15, 0.2) is 0 Å². The monoisotopic (exact) mass is 534 g/mol. The molecule has 2 aromatic heterocycles. The lowest BCUT2D eigenvalue weighted by molar-refractivity contribution is -0.109. The van der Waals surface area contributed by atoms with Crippen molar-refractivity contribution in [3.8, 4) is 0 Å². The van der Waals surface area contributed by atoms with Gasteiger partial charge >= 0.3 is 0 Å². The zero-order valence-corrected chi connectivity index (χ0v) is 23.0. The molecule has 2 aromatic carbocycles. The summed E-state index contributed by atoms with van der Waals surface area (Å²) in [7, 11) is 6.43. The lowest BCUT2D eigenvalue weighted by Gasteiger charge is -2.34. The quantitative estimate of drug-likeness (QED) is 0.303. The summed E-state index contributed by atoms with van der Waals surface area (Å²) in [5, 5.41) is 4.63. The number of carbonyl (C=O) groups is 2. The maximum Gasteiger partial charge on any atom is 0.269 e. The summed E-state index contributed by atoms with van der Waals surface area (Å²) in [6.07, 6.45) is 6.63. The van der Waals surface area contributed by atoms with Gasteiger partial charge in [-0.1, -0.05) is 36.7 Å². The van der Waals surface area contributed by atoms with Crippen molar-refractivity contribution in [2.24, 2.45) is 5.92 Å². The molecule has 8 nitrogen and oxygen atoms in total. The number of hydrogen-bond acceptors (Lipinski definition) is 5. The molecule has 1 aliphatic heterocycles. The molecular formula is C29H35ClN6O2. The van der Waals surface area contributed by atoms with Gasteiger partial charge in [-0.05, 0) is 61.8 Å². The van der Waals surface area contributed by atoms with Gasteiger partial charge in [0, 0.05) is 53.9 Å². The third kappa shape index (κ3) is 6.44. The number of fused-ring (bicyclic) bond motifs is 2. The van der Waals surface area contributed by atoms with E-state index in [1.165, 1.54) is 23.8 Å². The number of aromatic nitrogens is 3. The van der Waals surface area contributed by atoms with Crippen LogP contribution in [0.15, 0.2) is 61.2 Å². The number of amides is 1. The first kappa shape index (κ1) is 27.4. The fraction of sp³-hybridized carbons (Fsp3) is 0.345. The van der Waals surface area contributed by atoms with E-state index < -0.39 is 6.04 Å². The van der Waals surface area contributed by atoms with Crippen molar-refractivity contribution in [2.45, 2.75) is 25.3 Å². The third-order valence-electron chi connectivity index (χ3n) is 6.95. The molecule has 5 rings (SSSR count). The highest BCUT2D eigenvalue weighted by Crippen LogP contribution is 2.31. The maximum absolute atomic E-state index is 12.1. The van der Waals surface area contributed by atoms with Crippen molar-refractivity contribution in [3.05, 3.63) is 83.0 Å². The van der Waals surface area contributed by atoms with Gasteiger partial charge in [0.1, 0.15) is 12.0 Å². The highest BCUT2D eigenvalue weighted by molar-refractivity contribution is 6.30. The van der Waals surface area contributed by atoms with E-state index in [4.69, 9.17) is 11.6 Å². The number of hydrogen-bond donors (Lipinski definition) is 3. The smallest absolute Gasteiger partial charge is 0.269 e. The summed E-state index contributed by atoms with van der Waals surface area (Å²) in [4.78, 5) is 37.8. The van der Waals surface area contributed by atoms with Crippen LogP contribution in [-0.4, -0.2) is 72.3 Å². The Morgan fingerprint density at radius 3 is 2.76 bits per heavy atom. The molecule has 0 fully saturated rings. The van der Waals surface area contributed by atoms with E-state index in [0.29, 0.717) is 11.6 Å². The number of rotatable bonds is 7. The van der Waals surface area contributed by atoms with Crippen molar-refractivity contribution in [2.75, 3.05) is 39.1 Å². The number of carbonyl (C=O) groups excluding carboxylic acids is 2. The standard InChI is InChI=1S/C16H16N4O2.C13H19ClN2/c1-10(12-6-18-13-5-3-2-4-11(12)13)15(8-21)20-16(22)14-7-17-9-19-14;1-15(2)8-10-6-11-7-12(14)4-5-13(11)16(3)9-10/h2-10,15,18H,1H3,(H,17,19)(H,20,22);4-5,7,10H,6,8-9H2,1-3H3/t;10-/m.1/s1. The van der Waals surface area contributed by atoms with Crippen molar-refractivity contribution in [1.29, 1.82) is 0 Å². The fourth-order valence-corrected chi connectivity index (χ4v) is 5.33. The Hall–Kier alpha value is -3.62. The largest absolute Gasteiger partial charge is 0.374 e. The van der Waals surface area contributed by atoms with Gasteiger partial charge in [-0.25, -0.2) is 4.98 Å². The highest BCUT2D eigenvalue weighted by Gasteiger charge is 2.24. The molecule has 0 spiro atoms. The van der Waals surface area contributed by atoms with Gasteiger partial charge in [-0.3, -0.25) is 4.79 Å². The average molecular weight is 535 g/mol. The predicted molar refractivity (Wildman–Crippen MR) is 153 cm³/mol. The second-order valence-electron chi connectivity index (χ2n) is 10.2. The summed E-state index contributed by atoms with van der Waals surface area (Å²) in [6, 6.07) is 13.5. The first-order valence-corrected chi connectivity index (χ1v) is 13.1. The number of anilines is 1. The molecule has 38 heavy (non-hydrogen) atoms. The molecule has 1 amide bonds. The molecule has 0 aliphatic carbocycles. The number of benzene rings is 2. The molecular weight excluding hydrogens is 500 g/mol. The first-order chi connectivity index (χ1) is 18.3. The lowest BCUT2D eigenvalue weighted by Crippen LogP contribution is -2.39. The fourth-order valence-electron chi connectivity index (χ4n) is 5.14. The van der Waals surface area contributed by atoms with E-state index in [0.717, 1.165) is 47.3 Å². The lowest BCUT2D eigenvalue weighted by atomic mass is 9.92. The van der Waals surface area contributed by atoms with Crippen LogP contribution in [0.25, 0.3) is 10.9 Å². The van der Waals surface area contributed by atoms with Gasteiger partial charge in [-0.15, -0.1) is 0 Å². The average Bonchev–Trinajstić information content (AvgIpc) is 3.57. The minimum atomic E-state index is -0.616. The summed E-state index contributed by atoms with van der Waals surface area (Å²) in [6.45, 7) is 4.19. The van der Waals surface area contributed by atoms with Gasteiger partial charge < -0.3 is 29.9 Å². The predicted octanol–water partition coefficient (Wildman–Crippen LogP) is 4.50. The number of H-pyrrole nitrogens is 2. The minimum absolute atomic E-state index is 0.152. The number of imidazole rings is 1. The van der Waals surface area contributed by atoms with E-state index in [-0.39, 0.29) is 11.8 Å². The number of nitrogens with one attached hydrogen (secondary N) is 3. The van der Waals surface area contributed by atoms with E-state index in [2.05, 4.69) is 63.3 Å².